The number of anilines is 1. The number of nitrogens with zero attached hydrogens (tertiary/aromatic N) is 1. The summed E-state index contributed by atoms with van der Waals surface area (Å²) < 4.78 is 0. The number of hydrogen-bond acceptors (Lipinski definition) is 4. The molecule has 1 atom stereocenters. The van der Waals surface area contributed by atoms with Crippen LogP contribution in [-0.2, 0) is 4.79 Å². The number of hydrogen-bond donors (Lipinski definition) is 3. The molecule has 0 fully saturated rings. The molecule has 1 aliphatic heterocycles. The first-order valence-corrected chi connectivity index (χ1v) is 9.61. The second-order valence-corrected chi connectivity index (χ2v) is 7.53. The SMILES string of the molecule is CC1=C(C(=O)Nc2ccccc2C(C)C)[C@H](c2cccc([N+](=O)[O-])c2)NC(=S)N1. The van der Waals surface area contributed by atoms with Gasteiger partial charge in [0.25, 0.3) is 11.6 Å². The summed E-state index contributed by atoms with van der Waals surface area (Å²) in [5.41, 5.74) is 3.33. The Hall–Kier alpha value is -3.26. The number of carbonyl (C=O) groups is 1. The van der Waals surface area contributed by atoms with E-state index in [4.69, 9.17) is 12.2 Å². The Bertz CT molecular complexity index is 1020. The molecule has 1 aliphatic rings. The standard InChI is InChI=1S/C21H22N4O3S/c1-12(2)16-9-4-5-10-17(16)23-20(26)18-13(3)22-21(29)24-19(18)14-7-6-8-15(11-14)25(27)28/h4-12,19H,1-3H3,(H,23,26)(H2,22,24,29)/t19-/m0/s1. The number of allylic oxidation sites excluding steroid dienone is 1. The maximum Gasteiger partial charge on any atom is 0.269 e. The summed E-state index contributed by atoms with van der Waals surface area (Å²) in [5.74, 6) is -0.0565. The number of amides is 1. The van der Waals surface area contributed by atoms with Gasteiger partial charge < -0.3 is 16.0 Å². The van der Waals surface area contributed by atoms with Gasteiger partial charge in [-0.15, -0.1) is 0 Å². The average Bonchev–Trinajstić information content (AvgIpc) is 2.67. The highest BCUT2D eigenvalue weighted by molar-refractivity contribution is 7.80. The minimum Gasteiger partial charge on any atom is -0.351 e. The van der Waals surface area contributed by atoms with E-state index in [0.717, 1.165) is 11.3 Å². The van der Waals surface area contributed by atoms with Crippen LogP contribution in [0.15, 0.2) is 59.8 Å². The topological polar surface area (TPSA) is 96.3 Å². The summed E-state index contributed by atoms with van der Waals surface area (Å²) in [6.45, 7) is 5.88. The van der Waals surface area contributed by atoms with Crippen molar-refractivity contribution in [1.29, 1.82) is 0 Å². The van der Waals surface area contributed by atoms with Crippen LogP contribution in [0.3, 0.4) is 0 Å². The molecule has 3 N–H and O–H groups in total. The van der Waals surface area contributed by atoms with Gasteiger partial charge in [0.15, 0.2) is 5.11 Å². The molecule has 0 spiro atoms. The number of nitro groups is 1. The van der Waals surface area contributed by atoms with Crippen molar-refractivity contribution >= 4 is 34.6 Å². The number of rotatable bonds is 5. The van der Waals surface area contributed by atoms with E-state index in [1.165, 1.54) is 12.1 Å². The summed E-state index contributed by atoms with van der Waals surface area (Å²) >= 11 is 5.25. The van der Waals surface area contributed by atoms with E-state index in [-0.39, 0.29) is 17.5 Å². The molecule has 0 aromatic heterocycles. The van der Waals surface area contributed by atoms with Crippen molar-refractivity contribution in [1.82, 2.24) is 10.6 Å². The van der Waals surface area contributed by atoms with Crippen LogP contribution >= 0.6 is 12.2 Å². The van der Waals surface area contributed by atoms with Crippen molar-refractivity contribution in [2.24, 2.45) is 0 Å². The van der Waals surface area contributed by atoms with E-state index >= 15 is 0 Å². The maximum atomic E-state index is 13.2. The van der Waals surface area contributed by atoms with Gasteiger partial charge in [0, 0.05) is 23.5 Å². The number of nitro benzene ring substituents is 1. The fourth-order valence-electron chi connectivity index (χ4n) is 3.37. The van der Waals surface area contributed by atoms with Crippen LogP contribution in [-0.4, -0.2) is 15.9 Å². The van der Waals surface area contributed by atoms with Crippen LogP contribution in [0.1, 0.15) is 43.9 Å². The van der Waals surface area contributed by atoms with Crippen molar-refractivity contribution in [2.45, 2.75) is 32.7 Å². The minimum absolute atomic E-state index is 0.0451. The first kappa shape index (κ1) is 20.5. The molecule has 150 valence electrons. The molecule has 2 aromatic rings. The van der Waals surface area contributed by atoms with Gasteiger partial charge in [-0.3, -0.25) is 14.9 Å². The lowest BCUT2D eigenvalue weighted by Crippen LogP contribution is -2.45. The number of non-ortho nitro benzene ring substituents is 1. The van der Waals surface area contributed by atoms with Gasteiger partial charge in [-0.25, -0.2) is 0 Å². The summed E-state index contributed by atoms with van der Waals surface area (Å²) in [6.07, 6.45) is 0. The summed E-state index contributed by atoms with van der Waals surface area (Å²) in [7, 11) is 0. The Labute approximate surface area is 174 Å². The van der Waals surface area contributed by atoms with Crippen LogP contribution in [0, 0.1) is 10.1 Å². The summed E-state index contributed by atoms with van der Waals surface area (Å²) in [5, 5.41) is 20.6. The Morgan fingerprint density at radius 1 is 1.21 bits per heavy atom. The molecule has 1 amide bonds. The molecular weight excluding hydrogens is 388 g/mol. The molecule has 1 heterocycles. The molecule has 0 saturated heterocycles. The van der Waals surface area contributed by atoms with Crippen molar-refractivity contribution in [3.8, 4) is 0 Å². The van der Waals surface area contributed by atoms with Crippen LogP contribution in [0.5, 0.6) is 0 Å². The lowest BCUT2D eigenvalue weighted by Gasteiger charge is -2.30. The van der Waals surface area contributed by atoms with Gasteiger partial charge in [-0.1, -0.05) is 44.2 Å². The Morgan fingerprint density at radius 3 is 2.62 bits per heavy atom. The molecule has 0 bridgehead atoms. The van der Waals surface area contributed by atoms with Gasteiger partial charge in [0.05, 0.1) is 16.5 Å². The first-order valence-electron chi connectivity index (χ1n) is 9.21. The number of benzene rings is 2. The Balaban J connectivity index is 1.99. The number of carbonyl (C=O) groups excluding carboxylic acids is 1. The molecule has 7 nitrogen and oxygen atoms in total. The van der Waals surface area contributed by atoms with Gasteiger partial charge in [0.2, 0.25) is 0 Å². The highest BCUT2D eigenvalue weighted by atomic mass is 32.1. The fraction of sp³-hybridized carbons (Fsp3) is 0.238. The second kappa shape index (κ2) is 8.40. The van der Waals surface area contributed by atoms with Crippen molar-refractivity contribution in [3.05, 3.63) is 81.0 Å². The predicted octanol–water partition coefficient (Wildman–Crippen LogP) is 4.15. The fourth-order valence-corrected chi connectivity index (χ4v) is 3.64. The van der Waals surface area contributed by atoms with Gasteiger partial charge in [-0.2, -0.15) is 0 Å². The summed E-state index contributed by atoms with van der Waals surface area (Å²) in [6, 6.07) is 13.2. The van der Waals surface area contributed by atoms with E-state index in [1.54, 1.807) is 19.1 Å². The van der Waals surface area contributed by atoms with Crippen molar-refractivity contribution in [2.75, 3.05) is 5.32 Å². The van der Waals surface area contributed by atoms with Gasteiger partial charge in [0.1, 0.15) is 0 Å². The third-order valence-corrected chi connectivity index (χ3v) is 4.98. The normalized spacial score (nSPS) is 16.3. The van der Waals surface area contributed by atoms with Gasteiger partial charge in [-0.05, 0) is 42.3 Å². The molecular formula is C21H22N4O3S. The van der Waals surface area contributed by atoms with E-state index in [9.17, 15) is 14.9 Å². The maximum absolute atomic E-state index is 13.2. The molecule has 3 rings (SSSR count). The number of thiocarbonyl (C=S) groups is 1. The van der Waals surface area contributed by atoms with Crippen LogP contribution in [0.25, 0.3) is 0 Å². The van der Waals surface area contributed by atoms with E-state index < -0.39 is 11.0 Å². The molecule has 0 unspecified atom stereocenters. The highest BCUT2D eigenvalue weighted by Gasteiger charge is 2.31. The highest BCUT2D eigenvalue weighted by Crippen LogP contribution is 2.31. The van der Waals surface area contributed by atoms with Crippen LogP contribution in [0.2, 0.25) is 0 Å². The molecule has 0 radical (unpaired) electrons. The zero-order valence-corrected chi connectivity index (χ0v) is 17.2. The van der Waals surface area contributed by atoms with E-state index in [0.29, 0.717) is 21.9 Å². The third kappa shape index (κ3) is 4.43. The third-order valence-electron chi connectivity index (χ3n) is 4.76. The van der Waals surface area contributed by atoms with Gasteiger partial charge >= 0.3 is 0 Å². The molecule has 0 aliphatic carbocycles. The van der Waals surface area contributed by atoms with Crippen molar-refractivity contribution in [3.63, 3.8) is 0 Å². The van der Waals surface area contributed by atoms with Crippen LogP contribution in [0.4, 0.5) is 11.4 Å². The lowest BCUT2D eigenvalue weighted by molar-refractivity contribution is -0.384. The molecule has 0 saturated carbocycles. The quantitative estimate of drug-likeness (QED) is 0.389. The second-order valence-electron chi connectivity index (χ2n) is 7.12. The molecule has 29 heavy (non-hydrogen) atoms. The summed E-state index contributed by atoms with van der Waals surface area (Å²) in [4.78, 5) is 24.0. The zero-order valence-electron chi connectivity index (χ0n) is 16.4. The monoisotopic (exact) mass is 410 g/mol. The first-order chi connectivity index (χ1) is 13.8. The number of nitrogens with one attached hydrogen (secondary N) is 3. The largest absolute Gasteiger partial charge is 0.351 e. The Kier molecular flexibility index (Phi) is 5.93. The predicted molar refractivity (Wildman–Crippen MR) is 117 cm³/mol. The zero-order chi connectivity index (χ0) is 21.1. The molecule has 2 aromatic carbocycles. The molecule has 8 heteroatoms. The average molecular weight is 410 g/mol. The lowest BCUT2D eigenvalue weighted by atomic mass is 9.94. The smallest absolute Gasteiger partial charge is 0.269 e. The van der Waals surface area contributed by atoms with Crippen molar-refractivity contribution < 1.29 is 9.72 Å². The van der Waals surface area contributed by atoms with E-state index in [2.05, 4.69) is 29.8 Å². The Morgan fingerprint density at radius 2 is 1.93 bits per heavy atom. The minimum atomic E-state index is -0.602. The van der Waals surface area contributed by atoms with Crippen LogP contribution < -0.4 is 16.0 Å². The van der Waals surface area contributed by atoms with E-state index in [1.807, 2.05) is 24.3 Å². The number of para-hydroxylation sites is 1.